The Hall–Kier alpha value is -2.07. The van der Waals surface area contributed by atoms with E-state index >= 15 is 0 Å². The number of nitro benzene ring substituents is 1. The average Bonchev–Trinajstić information content (AvgIpc) is 2.15. The molecule has 19 heavy (non-hydrogen) atoms. The van der Waals surface area contributed by atoms with Crippen molar-refractivity contribution in [1.82, 2.24) is 0 Å². The molecular formula is C8H2F7NO3. The fraction of sp³-hybridized carbons (Fsp3) is 0.250. The Morgan fingerprint density at radius 3 is 2.00 bits per heavy atom. The van der Waals surface area contributed by atoms with Crippen molar-refractivity contribution in [1.29, 1.82) is 0 Å². The van der Waals surface area contributed by atoms with Gasteiger partial charge in [0, 0.05) is 0 Å². The molecule has 0 N–H and O–H groups in total. The lowest BCUT2D eigenvalue weighted by Crippen LogP contribution is -2.20. The molecule has 1 rings (SSSR count). The number of ether oxygens (including phenoxy) is 1. The third-order valence-corrected chi connectivity index (χ3v) is 1.78. The van der Waals surface area contributed by atoms with E-state index in [1.54, 1.807) is 0 Å². The SMILES string of the molecule is O=[N+]([O-])c1c(OC(F)(F)F)ccc(F)c1C(F)(F)F. The van der Waals surface area contributed by atoms with E-state index in [-0.39, 0.29) is 12.1 Å². The Morgan fingerprint density at radius 1 is 1.11 bits per heavy atom. The second-order valence-corrected chi connectivity index (χ2v) is 3.07. The quantitative estimate of drug-likeness (QED) is 0.475. The van der Waals surface area contributed by atoms with Gasteiger partial charge in [-0.05, 0) is 12.1 Å². The van der Waals surface area contributed by atoms with Crippen LogP contribution in [-0.2, 0) is 6.18 Å². The molecule has 0 heterocycles. The summed E-state index contributed by atoms with van der Waals surface area (Å²) < 4.78 is 88.9. The van der Waals surface area contributed by atoms with Gasteiger partial charge in [-0.1, -0.05) is 0 Å². The summed E-state index contributed by atoms with van der Waals surface area (Å²) in [4.78, 5) is 8.62. The first-order valence-electron chi connectivity index (χ1n) is 4.23. The first-order chi connectivity index (χ1) is 8.43. The molecule has 1 aromatic carbocycles. The zero-order chi connectivity index (χ0) is 15.0. The lowest BCUT2D eigenvalue weighted by atomic mass is 10.1. The van der Waals surface area contributed by atoms with Gasteiger partial charge in [-0.3, -0.25) is 10.1 Å². The largest absolute Gasteiger partial charge is 0.573 e. The maximum Gasteiger partial charge on any atom is 0.573 e. The third kappa shape index (κ3) is 3.45. The molecule has 0 fully saturated rings. The van der Waals surface area contributed by atoms with Gasteiger partial charge >= 0.3 is 18.2 Å². The van der Waals surface area contributed by atoms with Crippen LogP contribution in [0.3, 0.4) is 0 Å². The highest BCUT2D eigenvalue weighted by molar-refractivity contribution is 5.54. The van der Waals surface area contributed by atoms with Crippen LogP contribution in [0, 0.1) is 15.9 Å². The molecule has 0 aliphatic heterocycles. The molecule has 11 heteroatoms. The lowest BCUT2D eigenvalue weighted by Gasteiger charge is -2.13. The molecule has 4 nitrogen and oxygen atoms in total. The van der Waals surface area contributed by atoms with E-state index in [9.17, 15) is 40.8 Å². The van der Waals surface area contributed by atoms with Gasteiger partial charge in [-0.15, -0.1) is 13.2 Å². The van der Waals surface area contributed by atoms with Gasteiger partial charge in [0.05, 0.1) is 4.92 Å². The molecule has 0 unspecified atom stereocenters. The lowest BCUT2D eigenvalue weighted by molar-refractivity contribution is -0.392. The Morgan fingerprint density at radius 2 is 1.63 bits per heavy atom. The maximum atomic E-state index is 13.0. The molecule has 0 saturated heterocycles. The van der Waals surface area contributed by atoms with Crippen molar-refractivity contribution < 1.29 is 40.4 Å². The molecule has 0 spiro atoms. The molecule has 0 radical (unpaired) electrons. The van der Waals surface area contributed by atoms with E-state index in [0.717, 1.165) is 0 Å². The molecule has 0 saturated carbocycles. The molecule has 1 aromatic rings. The summed E-state index contributed by atoms with van der Waals surface area (Å²) in [5.41, 5.74) is -4.57. The molecule has 0 aliphatic carbocycles. The monoisotopic (exact) mass is 293 g/mol. The zero-order valence-electron chi connectivity index (χ0n) is 8.47. The van der Waals surface area contributed by atoms with Crippen LogP contribution >= 0.6 is 0 Å². The third-order valence-electron chi connectivity index (χ3n) is 1.78. The summed E-state index contributed by atoms with van der Waals surface area (Å²) in [6, 6.07) is 0.0904. The Kier molecular flexibility index (Phi) is 3.59. The van der Waals surface area contributed by atoms with Gasteiger partial charge < -0.3 is 4.74 Å². The minimum atomic E-state index is -5.54. The minimum Gasteiger partial charge on any atom is -0.398 e. The number of nitro groups is 1. The molecule has 0 atom stereocenters. The maximum absolute atomic E-state index is 13.0. The number of hydrogen-bond donors (Lipinski definition) is 0. The van der Waals surface area contributed by atoms with E-state index in [1.165, 1.54) is 0 Å². The van der Waals surface area contributed by atoms with E-state index in [1.807, 2.05) is 0 Å². The van der Waals surface area contributed by atoms with E-state index in [4.69, 9.17) is 0 Å². The predicted molar refractivity (Wildman–Crippen MR) is 44.7 cm³/mol. The number of alkyl halides is 6. The highest BCUT2D eigenvalue weighted by Gasteiger charge is 2.45. The Labute approximate surface area is 99.1 Å². The fourth-order valence-electron chi connectivity index (χ4n) is 1.21. The number of benzene rings is 1. The van der Waals surface area contributed by atoms with Crippen LogP contribution in [0.1, 0.15) is 5.56 Å². The highest BCUT2D eigenvalue weighted by atomic mass is 19.4. The Balaban J connectivity index is 3.55. The zero-order valence-corrected chi connectivity index (χ0v) is 8.47. The molecule has 0 amide bonds. The van der Waals surface area contributed by atoms with Crippen LogP contribution in [0.5, 0.6) is 5.75 Å². The second-order valence-electron chi connectivity index (χ2n) is 3.07. The molecule has 0 aromatic heterocycles. The van der Waals surface area contributed by atoms with Gasteiger partial charge in [-0.2, -0.15) is 13.2 Å². The minimum absolute atomic E-state index is 0.00308. The Bertz CT molecular complexity index is 508. The van der Waals surface area contributed by atoms with Gasteiger partial charge in [0.1, 0.15) is 5.82 Å². The van der Waals surface area contributed by atoms with E-state index in [2.05, 4.69) is 4.74 Å². The first kappa shape index (κ1) is 15.0. The van der Waals surface area contributed by atoms with Crippen LogP contribution in [0.25, 0.3) is 0 Å². The average molecular weight is 293 g/mol. The van der Waals surface area contributed by atoms with Crippen LogP contribution in [-0.4, -0.2) is 11.3 Å². The van der Waals surface area contributed by atoms with E-state index < -0.39 is 40.3 Å². The van der Waals surface area contributed by atoms with Gasteiger partial charge in [0.2, 0.25) is 5.75 Å². The summed E-state index contributed by atoms with van der Waals surface area (Å²) in [6.07, 6.45) is -11.0. The topological polar surface area (TPSA) is 52.4 Å². The van der Waals surface area contributed by atoms with Crippen molar-refractivity contribution >= 4 is 5.69 Å². The number of nitrogens with zero attached hydrogens (tertiary/aromatic N) is 1. The predicted octanol–water partition coefficient (Wildman–Crippen LogP) is 3.65. The molecule has 0 aliphatic rings. The normalized spacial score (nSPS) is 12.4. The summed E-state index contributed by atoms with van der Waals surface area (Å²) in [5, 5.41) is 10.4. The standard InChI is InChI=1S/C8H2F7NO3/c9-3-1-2-4(19-8(13,14)15)6(16(17)18)5(3)7(10,11)12/h1-2H. The van der Waals surface area contributed by atoms with Crippen molar-refractivity contribution in [3.05, 3.63) is 33.6 Å². The summed E-state index contributed by atoms with van der Waals surface area (Å²) in [7, 11) is 0. The van der Waals surface area contributed by atoms with Gasteiger partial charge in [0.25, 0.3) is 0 Å². The van der Waals surface area contributed by atoms with Crippen LogP contribution < -0.4 is 4.74 Å². The number of rotatable bonds is 2. The van der Waals surface area contributed by atoms with Crippen molar-refractivity contribution in [3.63, 3.8) is 0 Å². The highest BCUT2D eigenvalue weighted by Crippen LogP contribution is 2.44. The first-order valence-corrected chi connectivity index (χ1v) is 4.23. The summed E-state index contributed by atoms with van der Waals surface area (Å²) >= 11 is 0. The van der Waals surface area contributed by atoms with Crippen molar-refractivity contribution in [2.24, 2.45) is 0 Å². The van der Waals surface area contributed by atoms with Crippen LogP contribution in [0.2, 0.25) is 0 Å². The summed E-state index contributed by atoms with van der Waals surface area (Å²) in [5.74, 6) is -3.82. The van der Waals surface area contributed by atoms with Crippen LogP contribution in [0.4, 0.5) is 36.4 Å². The van der Waals surface area contributed by atoms with Crippen molar-refractivity contribution in [2.75, 3.05) is 0 Å². The fourth-order valence-corrected chi connectivity index (χ4v) is 1.21. The second kappa shape index (κ2) is 4.55. The van der Waals surface area contributed by atoms with Gasteiger partial charge in [-0.25, -0.2) is 4.39 Å². The van der Waals surface area contributed by atoms with Gasteiger partial charge in [0.15, 0.2) is 5.56 Å². The number of halogens is 7. The van der Waals surface area contributed by atoms with E-state index in [0.29, 0.717) is 0 Å². The number of hydrogen-bond acceptors (Lipinski definition) is 3. The summed E-state index contributed by atoms with van der Waals surface area (Å²) in [6.45, 7) is 0. The smallest absolute Gasteiger partial charge is 0.398 e. The van der Waals surface area contributed by atoms with Crippen LogP contribution in [0.15, 0.2) is 12.1 Å². The molecule has 106 valence electrons. The van der Waals surface area contributed by atoms with Crippen molar-refractivity contribution in [2.45, 2.75) is 12.5 Å². The molecule has 0 bridgehead atoms. The molecular weight excluding hydrogens is 291 g/mol. The van der Waals surface area contributed by atoms with Crippen molar-refractivity contribution in [3.8, 4) is 5.75 Å².